The Morgan fingerprint density at radius 3 is 2.61 bits per heavy atom. The maximum Gasteiger partial charge on any atom is 0.355 e. The Kier molecular flexibility index (Phi) is 5.92. The molecule has 0 bridgehead atoms. The van der Waals surface area contributed by atoms with Crippen LogP contribution >= 0.6 is 23.2 Å². The van der Waals surface area contributed by atoms with Crippen LogP contribution in [0.25, 0.3) is 17.0 Å². The number of carbonyl (C=O) groups is 2. The average molecular weight is 418 g/mol. The standard InChI is InChI=1S/C20H17Cl2N3O3/c1-2-28-20(27)19-14(18-15(22)9-11(21)10-16(18)25-19)7-8-17(26)24-13-5-3-12(23)4-6-13/h3-10,25H,2,23H2,1H3,(H,24,26)/b8-7+. The second-order valence-corrected chi connectivity index (χ2v) is 6.73. The van der Waals surface area contributed by atoms with Gasteiger partial charge < -0.3 is 20.8 Å². The highest BCUT2D eigenvalue weighted by atomic mass is 35.5. The highest BCUT2D eigenvalue weighted by Gasteiger charge is 2.19. The Morgan fingerprint density at radius 1 is 1.21 bits per heavy atom. The Bertz CT molecular complexity index is 1070. The average Bonchev–Trinajstić information content (AvgIpc) is 3.01. The number of aromatic nitrogens is 1. The van der Waals surface area contributed by atoms with Gasteiger partial charge >= 0.3 is 5.97 Å². The number of hydrogen-bond donors (Lipinski definition) is 3. The number of aromatic amines is 1. The molecule has 8 heteroatoms. The number of nitrogen functional groups attached to an aromatic ring is 1. The van der Waals surface area contributed by atoms with E-state index in [9.17, 15) is 9.59 Å². The molecule has 0 aliphatic rings. The summed E-state index contributed by atoms with van der Waals surface area (Å²) in [6, 6.07) is 9.96. The largest absolute Gasteiger partial charge is 0.461 e. The number of rotatable bonds is 5. The highest BCUT2D eigenvalue weighted by Crippen LogP contribution is 2.33. The van der Waals surface area contributed by atoms with Crippen molar-refractivity contribution in [2.45, 2.75) is 6.92 Å². The first-order valence-corrected chi connectivity index (χ1v) is 9.17. The summed E-state index contributed by atoms with van der Waals surface area (Å²) >= 11 is 12.4. The fraction of sp³-hybridized carbons (Fsp3) is 0.100. The maximum atomic E-state index is 12.3. The molecule has 6 nitrogen and oxygen atoms in total. The van der Waals surface area contributed by atoms with Crippen molar-refractivity contribution in [1.82, 2.24) is 4.98 Å². The number of benzene rings is 2. The summed E-state index contributed by atoms with van der Waals surface area (Å²) in [6.07, 6.45) is 2.82. The minimum atomic E-state index is -0.551. The lowest BCUT2D eigenvalue weighted by Gasteiger charge is -2.03. The van der Waals surface area contributed by atoms with Crippen LogP contribution in [0.4, 0.5) is 11.4 Å². The zero-order valence-electron chi connectivity index (χ0n) is 14.9. The molecule has 0 atom stereocenters. The van der Waals surface area contributed by atoms with Gasteiger partial charge in [0.05, 0.1) is 11.6 Å². The molecule has 3 aromatic rings. The van der Waals surface area contributed by atoms with E-state index in [1.165, 1.54) is 12.2 Å². The molecule has 1 aromatic heterocycles. The van der Waals surface area contributed by atoms with Crippen LogP contribution in [0, 0.1) is 0 Å². The van der Waals surface area contributed by atoms with Gasteiger partial charge in [0.15, 0.2) is 0 Å². The predicted molar refractivity (Wildman–Crippen MR) is 113 cm³/mol. The van der Waals surface area contributed by atoms with Crippen LogP contribution in [0.1, 0.15) is 23.0 Å². The maximum absolute atomic E-state index is 12.3. The van der Waals surface area contributed by atoms with E-state index in [0.29, 0.717) is 37.9 Å². The van der Waals surface area contributed by atoms with Crippen molar-refractivity contribution >= 4 is 63.4 Å². The quantitative estimate of drug-likeness (QED) is 0.312. The van der Waals surface area contributed by atoms with Gasteiger partial charge in [0.1, 0.15) is 5.69 Å². The molecule has 0 spiro atoms. The molecule has 0 fully saturated rings. The molecule has 3 rings (SSSR count). The monoisotopic (exact) mass is 417 g/mol. The molecule has 0 aliphatic heterocycles. The molecule has 0 saturated carbocycles. The summed E-state index contributed by atoms with van der Waals surface area (Å²) in [5.41, 5.74) is 8.03. The second-order valence-electron chi connectivity index (χ2n) is 5.89. The molecule has 4 N–H and O–H groups in total. The number of nitrogens with two attached hydrogens (primary N) is 1. The third-order valence-corrected chi connectivity index (χ3v) is 4.43. The minimum Gasteiger partial charge on any atom is -0.461 e. The third kappa shape index (κ3) is 4.30. The van der Waals surface area contributed by atoms with Crippen LogP contribution in [-0.2, 0) is 9.53 Å². The lowest BCUT2D eigenvalue weighted by molar-refractivity contribution is -0.111. The zero-order chi connectivity index (χ0) is 20.3. The summed E-state index contributed by atoms with van der Waals surface area (Å²) in [4.78, 5) is 27.6. The lowest BCUT2D eigenvalue weighted by atomic mass is 10.1. The second kappa shape index (κ2) is 8.37. The smallest absolute Gasteiger partial charge is 0.355 e. The highest BCUT2D eigenvalue weighted by molar-refractivity contribution is 6.39. The molecule has 0 aliphatic carbocycles. The summed E-state index contributed by atoms with van der Waals surface area (Å²) in [5, 5.41) is 4.07. The van der Waals surface area contributed by atoms with Crippen molar-refractivity contribution in [3.63, 3.8) is 0 Å². The number of hydrogen-bond acceptors (Lipinski definition) is 4. The van der Waals surface area contributed by atoms with E-state index in [0.717, 1.165) is 0 Å². The predicted octanol–water partition coefficient (Wildman–Crippen LogP) is 4.89. The molecule has 144 valence electrons. The SMILES string of the molecule is CCOC(=O)c1[nH]c2cc(Cl)cc(Cl)c2c1/C=C/C(=O)Nc1ccc(N)cc1. The molecule has 1 heterocycles. The van der Waals surface area contributed by atoms with Crippen LogP contribution in [-0.4, -0.2) is 23.5 Å². The summed E-state index contributed by atoms with van der Waals surface area (Å²) in [5.74, 6) is -0.927. The number of carbonyl (C=O) groups excluding carboxylic acids is 2. The summed E-state index contributed by atoms with van der Waals surface area (Å²) in [7, 11) is 0. The Morgan fingerprint density at radius 2 is 1.93 bits per heavy atom. The lowest BCUT2D eigenvalue weighted by Crippen LogP contribution is -2.08. The molecule has 2 aromatic carbocycles. The molecule has 28 heavy (non-hydrogen) atoms. The fourth-order valence-corrected chi connectivity index (χ4v) is 3.31. The van der Waals surface area contributed by atoms with E-state index in [4.69, 9.17) is 33.7 Å². The van der Waals surface area contributed by atoms with Gasteiger partial charge in [-0.25, -0.2) is 4.79 Å². The van der Waals surface area contributed by atoms with Crippen LogP contribution in [0.15, 0.2) is 42.5 Å². The number of anilines is 2. The van der Waals surface area contributed by atoms with Crippen molar-refractivity contribution in [1.29, 1.82) is 0 Å². The Hall–Kier alpha value is -2.96. The third-order valence-electron chi connectivity index (χ3n) is 3.91. The number of H-pyrrole nitrogens is 1. The van der Waals surface area contributed by atoms with Crippen LogP contribution in [0.3, 0.4) is 0 Å². The van der Waals surface area contributed by atoms with Crippen molar-refractivity contribution < 1.29 is 14.3 Å². The van der Waals surface area contributed by atoms with Gasteiger partial charge in [0, 0.05) is 38.9 Å². The van der Waals surface area contributed by atoms with Crippen molar-refractivity contribution in [3.05, 3.63) is 63.8 Å². The number of esters is 1. The van der Waals surface area contributed by atoms with E-state index < -0.39 is 5.97 Å². The van der Waals surface area contributed by atoms with Gasteiger partial charge in [-0.15, -0.1) is 0 Å². The first-order valence-electron chi connectivity index (χ1n) is 8.41. The van der Waals surface area contributed by atoms with Crippen molar-refractivity contribution in [2.24, 2.45) is 0 Å². The van der Waals surface area contributed by atoms with Crippen molar-refractivity contribution in [3.8, 4) is 0 Å². The van der Waals surface area contributed by atoms with E-state index in [2.05, 4.69) is 10.3 Å². The van der Waals surface area contributed by atoms with Gasteiger partial charge in [-0.2, -0.15) is 0 Å². The van der Waals surface area contributed by atoms with E-state index in [1.807, 2.05) is 0 Å². The molecular formula is C20H17Cl2N3O3. The van der Waals surface area contributed by atoms with Crippen molar-refractivity contribution in [2.75, 3.05) is 17.7 Å². The normalized spacial score (nSPS) is 11.1. The number of ether oxygens (including phenoxy) is 1. The Balaban J connectivity index is 1.96. The topological polar surface area (TPSA) is 97.2 Å². The van der Waals surface area contributed by atoms with E-state index >= 15 is 0 Å². The first-order chi connectivity index (χ1) is 13.4. The summed E-state index contributed by atoms with van der Waals surface area (Å²) in [6.45, 7) is 1.92. The first kappa shape index (κ1) is 19.8. The van der Waals surface area contributed by atoms with E-state index in [1.54, 1.807) is 43.3 Å². The van der Waals surface area contributed by atoms with Crippen LogP contribution < -0.4 is 11.1 Å². The number of halogens is 2. The summed E-state index contributed by atoms with van der Waals surface area (Å²) < 4.78 is 5.09. The molecule has 1 amide bonds. The number of nitrogens with one attached hydrogen (secondary N) is 2. The van der Waals surface area contributed by atoms with Gasteiger partial charge in [0.2, 0.25) is 5.91 Å². The minimum absolute atomic E-state index is 0.192. The van der Waals surface area contributed by atoms with Gasteiger partial charge in [-0.1, -0.05) is 23.2 Å². The number of fused-ring (bicyclic) bond motifs is 1. The van der Waals surface area contributed by atoms with E-state index in [-0.39, 0.29) is 18.2 Å². The van der Waals surface area contributed by atoms with Gasteiger partial charge in [-0.05, 0) is 49.4 Å². The van der Waals surface area contributed by atoms with Gasteiger partial charge in [0.25, 0.3) is 0 Å². The Labute approximate surface area is 171 Å². The molecule has 0 unspecified atom stereocenters. The molecule has 0 radical (unpaired) electrons. The van der Waals surface area contributed by atoms with Gasteiger partial charge in [-0.3, -0.25) is 4.79 Å². The fourth-order valence-electron chi connectivity index (χ4n) is 2.71. The van der Waals surface area contributed by atoms with Crippen LogP contribution in [0.5, 0.6) is 0 Å². The zero-order valence-corrected chi connectivity index (χ0v) is 16.4. The van der Waals surface area contributed by atoms with Crippen LogP contribution in [0.2, 0.25) is 10.0 Å². The number of amides is 1. The molecule has 0 saturated heterocycles. The molecular weight excluding hydrogens is 401 g/mol.